The van der Waals surface area contributed by atoms with Crippen LogP contribution in [-0.2, 0) is 13.0 Å². The summed E-state index contributed by atoms with van der Waals surface area (Å²) in [5.74, 6) is 1.21. The number of benzene rings is 1. The van der Waals surface area contributed by atoms with Gasteiger partial charge in [0.25, 0.3) is 0 Å². The number of aromatic nitrogens is 2. The largest absolute Gasteiger partial charge is 0.399 e. The molecule has 0 amide bonds. The number of nitrogens with zero attached hydrogens (tertiary/aromatic N) is 2. The van der Waals surface area contributed by atoms with E-state index in [9.17, 15) is 0 Å². The molecule has 3 heteroatoms. The zero-order valence-electron chi connectivity index (χ0n) is 9.19. The molecular weight excluding hydrogens is 198 g/mol. The average Bonchev–Trinajstić information content (AvgIpc) is 2.72. The summed E-state index contributed by atoms with van der Waals surface area (Å²) in [7, 11) is 0. The summed E-state index contributed by atoms with van der Waals surface area (Å²) in [6.07, 6.45) is 5.76. The maximum Gasteiger partial charge on any atom is 0.109 e. The summed E-state index contributed by atoms with van der Waals surface area (Å²) >= 11 is 0. The van der Waals surface area contributed by atoms with Crippen LogP contribution in [0.2, 0.25) is 0 Å². The van der Waals surface area contributed by atoms with Crippen molar-refractivity contribution in [3.63, 3.8) is 0 Å². The summed E-state index contributed by atoms with van der Waals surface area (Å²) < 4.78 is 2.27. The number of hydrogen-bond acceptors (Lipinski definition) is 2. The molecule has 0 unspecified atom stereocenters. The van der Waals surface area contributed by atoms with E-state index in [1.54, 1.807) is 0 Å². The van der Waals surface area contributed by atoms with Gasteiger partial charge in [-0.2, -0.15) is 0 Å². The lowest BCUT2D eigenvalue weighted by Gasteiger charge is -2.11. The first-order valence-corrected chi connectivity index (χ1v) is 5.75. The minimum atomic E-state index is 0.795. The number of nitrogens with two attached hydrogens (primary N) is 1. The maximum atomic E-state index is 5.78. The minimum absolute atomic E-state index is 0.795. The predicted octanol–water partition coefficient (Wildman–Crippen LogP) is 2.47. The van der Waals surface area contributed by atoms with E-state index in [0.29, 0.717) is 0 Å². The van der Waals surface area contributed by atoms with E-state index >= 15 is 0 Å². The fourth-order valence-electron chi connectivity index (χ4n) is 2.25. The molecule has 0 fully saturated rings. The Hall–Kier alpha value is -1.77. The average molecular weight is 213 g/mol. The molecule has 0 spiro atoms. The zero-order chi connectivity index (χ0) is 11.0. The van der Waals surface area contributed by atoms with E-state index in [1.807, 2.05) is 18.2 Å². The zero-order valence-corrected chi connectivity index (χ0v) is 9.19. The van der Waals surface area contributed by atoms with Crippen molar-refractivity contribution in [2.24, 2.45) is 0 Å². The van der Waals surface area contributed by atoms with E-state index in [0.717, 1.165) is 29.9 Å². The molecule has 2 N–H and O–H groups in total. The maximum absolute atomic E-state index is 5.78. The molecule has 0 bridgehead atoms. The van der Waals surface area contributed by atoms with Gasteiger partial charge in [0.05, 0.1) is 5.69 Å². The van der Waals surface area contributed by atoms with Crippen molar-refractivity contribution in [3.05, 3.63) is 36.3 Å². The Kier molecular flexibility index (Phi) is 2.17. The normalized spacial score (nSPS) is 14.8. The van der Waals surface area contributed by atoms with Crippen molar-refractivity contribution in [1.29, 1.82) is 0 Å². The number of imidazole rings is 1. The molecule has 3 nitrogen and oxygen atoms in total. The van der Waals surface area contributed by atoms with Gasteiger partial charge in [-0.25, -0.2) is 4.98 Å². The van der Waals surface area contributed by atoms with Gasteiger partial charge in [-0.3, -0.25) is 0 Å². The Bertz CT molecular complexity index is 490. The topological polar surface area (TPSA) is 43.8 Å². The highest BCUT2D eigenvalue weighted by atomic mass is 15.1. The van der Waals surface area contributed by atoms with Crippen LogP contribution in [-0.4, -0.2) is 9.55 Å². The molecule has 1 aliphatic rings. The molecule has 0 radical (unpaired) electrons. The molecular formula is C13H15N3. The van der Waals surface area contributed by atoms with E-state index < -0.39 is 0 Å². The molecule has 0 aliphatic carbocycles. The molecule has 82 valence electrons. The van der Waals surface area contributed by atoms with Crippen LogP contribution in [0.15, 0.2) is 30.5 Å². The van der Waals surface area contributed by atoms with Crippen LogP contribution >= 0.6 is 0 Å². The molecule has 1 aliphatic heterocycles. The van der Waals surface area contributed by atoms with Gasteiger partial charge < -0.3 is 10.3 Å². The third-order valence-electron chi connectivity index (χ3n) is 3.09. The standard InChI is InChI=1S/C13H15N3/c14-11-5-3-4-10(8-11)12-9-16-7-2-1-6-13(16)15-12/h3-5,8-9H,1-2,6-7,14H2. The van der Waals surface area contributed by atoms with E-state index in [-0.39, 0.29) is 0 Å². The first-order chi connectivity index (χ1) is 7.83. The number of rotatable bonds is 1. The van der Waals surface area contributed by atoms with Gasteiger partial charge in [0.2, 0.25) is 0 Å². The van der Waals surface area contributed by atoms with Crippen LogP contribution in [0.5, 0.6) is 0 Å². The van der Waals surface area contributed by atoms with Gasteiger partial charge in [0.1, 0.15) is 5.82 Å². The van der Waals surface area contributed by atoms with Gasteiger partial charge in [-0.05, 0) is 25.0 Å². The monoisotopic (exact) mass is 213 g/mol. The van der Waals surface area contributed by atoms with E-state index in [2.05, 4.69) is 21.8 Å². The lowest BCUT2D eigenvalue weighted by atomic mass is 10.1. The third-order valence-corrected chi connectivity index (χ3v) is 3.09. The molecule has 16 heavy (non-hydrogen) atoms. The van der Waals surface area contributed by atoms with Crippen molar-refractivity contribution in [1.82, 2.24) is 9.55 Å². The minimum Gasteiger partial charge on any atom is -0.399 e. The number of aryl methyl sites for hydroxylation is 2. The van der Waals surface area contributed by atoms with Crippen LogP contribution in [0.3, 0.4) is 0 Å². The molecule has 0 saturated carbocycles. The molecule has 2 aromatic rings. The Morgan fingerprint density at radius 1 is 1.25 bits per heavy atom. The summed E-state index contributed by atoms with van der Waals surface area (Å²) in [5.41, 5.74) is 8.74. The smallest absolute Gasteiger partial charge is 0.109 e. The number of fused-ring (bicyclic) bond motifs is 1. The third kappa shape index (κ3) is 1.58. The summed E-state index contributed by atoms with van der Waals surface area (Å²) in [6.45, 7) is 1.10. The van der Waals surface area contributed by atoms with E-state index in [1.165, 1.54) is 18.7 Å². The Labute approximate surface area is 94.9 Å². The lowest BCUT2D eigenvalue weighted by molar-refractivity contribution is 0.522. The predicted molar refractivity (Wildman–Crippen MR) is 65.0 cm³/mol. The summed E-state index contributed by atoms with van der Waals surface area (Å²) in [4.78, 5) is 4.67. The molecule has 0 atom stereocenters. The molecule has 0 saturated heterocycles. The van der Waals surface area contributed by atoms with Crippen LogP contribution in [0.25, 0.3) is 11.3 Å². The Morgan fingerprint density at radius 2 is 2.19 bits per heavy atom. The highest BCUT2D eigenvalue weighted by Crippen LogP contribution is 2.23. The van der Waals surface area contributed by atoms with Gasteiger partial charge in [0.15, 0.2) is 0 Å². The highest BCUT2D eigenvalue weighted by molar-refractivity contribution is 5.63. The summed E-state index contributed by atoms with van der Waals surface area (Å²) in [6, 6.07) is 7.92. The molecule has 3 rings (SSSR count). The van der Waals surface area contributed by atoms with Crippen molar-refractivity contribution in [2.45, 2.75) is 25.8 Å². The van der Waals surface area contributed by atoms with Crippen molar-refractivity contribution >= 4 is 5.69 Å². The second-order valence-electron chi connectivity index (χ2n) is 4.32. The SMILES string of the molecule is Nc1cccc(-c2cn3c(n2)CCCC3)c1. The summed E-state index contributed by atoms with van der Waals surface area (Å²) in [5, 5.41) is 0. The number of anilines is 1. The fraction of sp³-hybridized carbons (Fsp3) is 0.308. The molecule has 2 heterocycles. The Balaban J connectivity index is 2.03. The van der Waals surface area contributed by atoms with Crippen LogP contribution < -0.4 is 5.73 Å². The second-order valence-corrected chi connectivity index (χ2v) is 4.32. The van der Waals surface area contributed by atoms with Gasteiger partial charge in [0, 0.05) is 30.4 Å². The Morgan fingerprint density at radius 3 is 3.00 bits per heavy atom. The number of nitrogen functional groups attached to an aromatic ring is 1. The van der Waals surface area contributed by atoms with E-state index in [4.69, 9.17) is 5.73 Å². The first kappa shape index (κ1) is 9.46. The van der Waals surface area contributed by atoms with Crippen LogP contribution in [0.1, 0.15) is 18.7 Å². The molecule has 1 aromatic heterocycles. The van der Waals surface area contributed by atoms with Crippen molar-refractivity contribution in [3.8, 4) is 11.3 Å². The number of hydrogen-bond donors (Lipinski definition) is 1. The van der Waals surface area contributed by atoms with Gasteiger partial charge in [-0.1, -0.05) is 12.1 Å². The van der Waals surface area contributed by atoms with Gasteiger partial charge in [-0.15, -0.1) is 0 Å². The second kappa shape index (κ2) is 3.67. The van der Waals surface area contributed by atoms with Gasteiger partial charge >= 0.3 is 0 Å². The van der Waals surface area contributed by atoms with Crippen molar-refractivity contribution < 1.29 is 0 Å². The molecule has 1 aromatic carbocycles. The quantitative estimate of drug-likeness (QED) is 0.739. The first-order valence-electron chi connectivity index (χ1n) is 5.75. The fourth-order valence-corrected chi connectivity index (χ4v) is 2.25. The van der Waals surface area contributed by atoms with Crippen molar-refractivity contribution in [2.75, 3.05) is 5.73 Å². The van der Waals surface area contributed by atoms with Crippen LogP contribution in [0, 0.1) is 0 Å². The lowest BCUT2D eigenvalue weighted by Crippen LogP contribution is -2.08. The van der Waals surface area contributed by atoms with Crippen LogP contribution in [0.4, 0.5) is 5.69 Å². The highest BCUT2D eigenvalue weighted by Gasteiger charge is 2.12.